The van der Waals surface area contributed by atoms with E-state index < -0.39 is 31.1 Å². The van der Waals surface area contributed by atoms with E-state index in [4.69, 9.17) is 0 Å². The summed E-state index contributed by atoms with van der Waals surface area (Å²) in [4.78, 5) is 0. The molecule has 1 heterocycles. The van der Waals surface area contributed by atoms with Gasteiger partial charge >= 0.3 is 11.0 Å². The van der Waals surface area contributed by atoms with E-state index in [0.29, 0.717) is 0 Å². The van der Waals surface area contributed by atoms with Gasteiger partial charge < -0.3 is 4.13 Å². The average molecular weight is 419 g/mol. The molecule has 0 N–H and O–H groups in total. The first-order chi connectivity index (χ1) is 10.9. The largest absolute Gasteiger partial charge is 0.480 e. The number of alkyl halides is 6. The fraction of sp³-hybridized carbons (Fsp3) is 0.700. The Morgan fingerprint density at radius 2 is 1.32 bits per heavy atom. The molecule has 0 fully saturated rings. The predicted molar refractivity (Wildman–Crippen MR) is 76.9 cm³/mol. The number of quaternary nitrogens is 1. The van der Waals surface area contributed by atoms with Crippen molar-refractivity contribution in [2.75, 3.05) is 13.1 Å². The van der Waals surface area contributed by atoms with E-state index in [-0.39, 0.29) is 0 Å². The standard InChI is InChI=1S/C8H15N2.C2F6NO4S2/c1-4-10(5-2)7-6-8(3)9-10;3-1(4,5)14(10,11)9-15(12,13)2(6,7)8/h6-7H,4-5H2,1-3H3;/q+1;-1. The maximum absolute atomic E-state index is 11.4. The molecule has 1 aliphatic heterocycles. The summed E-state index contributed by atoms with van der Waals surface area (Å²) >= 11 is 0. The monoisotopic (exact) mass is 419 g/mol. The topological polar surface area (TPSA) is 94.7 Å². The summed E-state index contributed by atoms with van der Waals surface area (Å²) in [6.07, 6.45) is 4.25. The molecule has 0 aromatic carbocycles. The Labute approximate surface area is 140 Å². The van der Waals surface area contributed by atoms with Crippen molar-refractivity contribution in [3.8, 4) is 0 Å². The maximum Gasteiger partial charge on any atom is 0.480 e. The van der Waals surface area contributed by atoms with E-state index in [1.807, 2.05) is 6.92 Å². The molecule has 0 aromatic heterocycles. The molecule has 7 nitrogen and oxygen atoms in total. The second kappa shape index (κ2) is 7.59. The highest BCUT2D eigenvalue weighted by molar-refractivity contribution is 8.13. The van der Waals surface area contributed by atoms with Gasteiger partial charge in [0.1, 0.15) is 19.3 Å². The zero-order chi connectivity index (χ0) is 20.3. The van der Waals surface area contributed by atoms with Crippen molar-refractivity contribution in [2.24, 2.45) is 5.10 Å². The summed E-state index contributed by atoms with van der Waals surface area (Å²) < 4.78 is 110. The number of nitrogens with zero attached hydrogens (tertiary/aromatic N) is 3. The van der Waals surface area contributed by atoms with Gasteiger partial charge in [-0.1, -0.05) is 5.10 Å². The van der Waals surface area contributed by atoms with Gasteiger partial charge in [0, 0.05) is 6.08 Å². The minimum absolute atomic E-state index is 0.778. The molecule has 0 unspecified atom stereocenters. The van der Waals surface area contributed by atoms with E-state index >= 15 is 0 Å². The smallest absolute Gasteiger partial charge is 0.421 e. The minimum atomic E-state index is -6.72. The molecule has 1 rings (SSSR count). The van der Waals surface area contributed by atoms with Crippen LogP contribution in [-0.4, -0.2) is 51.2 Å². The second-order valence-electron chi connectivity index (χ2n) is 4.59. The van der Waals surface area contributed by atoms with Crippen LogP contribution in [0.15, 0.2) is 17.4 Å². The minimum Gasteiger partial charge on any atom is -0.421 e. The predicted octanol–water partition coefficient (Wildman–Crippen LogP) is 2.81. The molecule has 0 radical (unpaired) electrons. The lowest BCUT2D eigenvalue weighted by atomic mass is 10.4. The van der Waals surface area contributed by atoms with Crippen molar-refractivity contribution in [3.63, 3.8) is 0 Å². The Morgan fingerprint density at radius 1 is 0.960 bits per heavy atom. The molecule has 0 amide bonds. The molecule has 0 atom stereocenters. The van der Waals surface area contributed by atoms with Gasteiger partial charge in [-0.2, -0.15) is 30.9 Å². The zero-order valence-electron chi connectivity index (χ0n) is 13.1. The lowest BCUT2D eigenvalue weighted by molar-refractivity contribution is -0.880. The summed E-state index contributed by atoms with van der Waals surface area (Å²) in [5.74, 6) is 0. The van der Waals surface area contributed by atoms with Crippen LogP contribution in [0.5, 0.6) is 0 Å². The van der Waals surface area contributed by atoms with E-state index in [1.54, 1.807) is 0 Å². The molecular formula is C10H15F6N3O4S2. The highest BCUT2D eigenvalue weighted by Gasteiger charge is 2.46. The fourth-order valence-electron chi connectivity index (χ4n) is 1.42. The summed E-state index contributed by atoms with van der Waals surface area (Å²) in [7, 11) is -13.4. The lowest BCUT2D eigenvalue weighted by Gasteiger charge is -2.22. The highest BCUT2D eigenvalue weighted by atomic mass is 32.3. The average Bonchev–Trinajstić information content (AvgIpc) is 2.78. The number of allylic oxidation sites excluding steroid dienone is 1. The molecule has 25 heavy (non-hydrogen) atoms. The van der Waals surface area contributed by atoms with Crippen LogP contribution in [0.3, 0.4) is 0 Å². The summed E-state index contributed by atoms with van der Waals surface area (Å²) in [5.41, 5.74) is -11.3. The fourth-order valence-corrected chi connectivity index (χ4v) is 3.13. The molecule has 0 bridgehead atoms. The van der Waals surface area contributed by atoms with Gasteiger partial charge in [-0.3, -0.25) is 0 Å². The molecular weight excluding hydrogens is 404 g/mol. The van der Waals surface area contributed by atoms with Crippen LogP contribution in [0, 0.1) is 0 Å². The molecule has 0 saturated carbocycles. The van der Waals surface area contributed by atoms with Crippen molar-refractivity contribution in [2.45, 2.75) is 31.8 Å². The zero-order valence-corrected chi connectivity index (χ0v) is 14.8. The first kappa shape index (κ1) is 23.8. The third-order valence-corrected chi connectivity index (χ3v) is 5.57. The van der Waals surface area contributed by atoms with Crippen LogP contribution in [-0.2, 0) is 20.0 Å². The van der Waals surface area contributed by atoms with Crippen LogP contribution >= 0.6 is 0 Å². The van der Waals surface area contributed by atoms with Crippen molar-refractivity contribution in [3.05, 3.63) is 16.4 Å². The van der Waals surface area contributed by atoms with Crippen molar-refractivity contribution < 1.29 is 47.8 Å². The van der Waals surface area contributed by atoms with Crippen molar-refractivity contribution in [1.29, 1.82) is 0 Å². The SMILES string of the molecule is CC[N+]1(CC)C=CC(C)=N1.O=S(=O)([N-]S(=O)(=O)C(F)(F)F)C(F)(F)F. The second-order valence-corrected chi connectivity index (χ2v) is 8.02. The summed E-state index contributed by atoms with van der Waals surface area (Å²) in [5, 5.41) is 4.50. The van der Waals surface area contributed by atoms with Gasteiger partial charge in [0.25, 0.3) is 0 Å². The normalized spacial score (nSPS) is 17.7. The number of sulfonamides is 2. The number of hydrogen-bond donors (Lipinski definition) is 0. The molecule has 0 aliphatic carbocycles. The lowest BCUT2D eigenvalue weighted by Crippen LogP contribution is -2.34. The Balaban J connectivity index is 0.000000496. The van der Waals surface area contributed by atoms with Crippen LogP contribution in [0.2, 0.25) is 0 Å². The summed E-state index contributed by atoms with van der Waals surface area (Å²) in [6.45, 7) is 8.49. The number of hydrogen-bond acceptors (Lipinski definition) is 5. The molecule has 0 aromatic rings. The van der Waals surface area contributed by atoms with E-state index in [0.717, 1.165) is 27.5 Å². The summed E-state index contributed by atoms with van der Waals surface area (Å²) in [6, 6.07) is 0. The number of rotatable bonds is 4. The Bertz CT molecular complexity index is 692. The molecule has 1 aliphatic rings. The quantitative estimate of drug-likeness (QED) is 0.517. The van der Waals surface area contributed by atoms with Crippen molar-refractivity contribution >= 4 is 25.8 Å². The molecule has 15 heteroatoms. The Hall–Kier alpha value is -1.19. The van der Waals surface area contributed by atoms with Crippen LogP contribution < -0.4 is 0 Å². The van der Waals surface area contributed by atoms with Gasteiger partial charge in [0.15, 0.2) is 20.0 Å². The maximum atomic E-state index is 11.4. The van der Waals surface area contributed by atoms with E-state index in [9.17, 15) is 43.2 Å². The van der Waals surface area contributed by atoms with E-state index in [2.05, 4.69) is 31.2 Å². The van der Waals surface area contributed by atoms with Gasteiger partial charge in [-0.25, -0.2) is 16.8 Å². The van der Waals surface area contributed by atoms with Gasteiger partial charge in [-0.15, -0.1) is 0 Å². The van der Waals surface area contributed by atoms with Crippen LogP contribution in [0.4, 0.5) is 26.3 Å². The van der Waals surface area contributed by atoms with Crippen molar-refractivity contribution in [1.82, 2.24) is 0 Å². The number of halogens is 6. The first-order valence-electron chi connectivity index (χ1n) is 6.42. The highest BCUT2D eigenvalue weighted by Crippen LogP contribution is 2.36. The van der Waals surface area contributed by atoms with Crippen LogP contribution in [0.25, 0.3) is 4.13 Å². The van der Waals surface area contributed by atoms with Gasteiger partial charge in [0.2, 0.25) is 0 Å². The molecule has 0 saturated heterocycles. The third-order valence-electron chi connectivity index (χ3n) is 2.83. The molecule has 148 valence electrons. The Kier molecular flexibility index (Phi) is 7.23. The Morgan fingerprint density at radius 3 is 1.48 bits per heavy atom. The third kappa shape index (κ3) is 6.23. The van der Waals surface area contributed by atoms with Gasteiger partial charge in [-0.05, 0) is 20.8 Å². The molecule has 0 spiro atoms. The van der Waals surface area contributed by atoms with E-state index in [1.165, 1.54) is 0 Å². The van der Waals surface area contributed by atoms with Crippen LogP contribution in [0.1, 0.15) is 20.8 Å². The van der Waals surface area contributed by atoms with Gasteiger partial charge in [0.05, 0.1) is 5.71 Å². The first-order valence-corrected chi connectivity index (χ1v) is 9.30.